The highest BCUT2D eigenvalue weighted by atomic mass is 16.1. The maximum Gasteiger partial charge on any atom is 0.220 e. The van der Waals surface area contributed by atoms with Gasteiger partial charge >= 0.3 is 0 Å². The van der Waals surface area contributed by atoms with Crippen LogP contribution in [-0.2, 0) is 4.79 Å². The number of anilines is 1. The smallest absolute Gasteiger partial charge is 0.220 e. The number of nitrogen functional groups attached to an aromatic ring is 1. The van der Waals surface area contributed by atoms with E-state index in [4.69, 9.17) is 5.73 Å². The molecule has 0 saturated heterocycles. The van der Waals surface area contributed by atoms with Crippen molar-refractivity contribution in [3.8, 4) is 0 Å². The third kappa shape index (κ3) is 4.85. The molecule has 0 saturated carbocycles. The predicted molar refractivity (Wildman–Crippen MR) is 84.7 cm³/mol. The Labute approximate surface area is 122 Å². The van der Waals surface area contributed by atoms with Crippen LogP contribution < -0.4 is 11.1 Å². The second-order valence-corrected chi connectivity index (χ2v) is 6.26. The molecule has 1 amide bonds. The van der Waals surface area contributed by atoms with Crippen molar-refractivity contribution in [3.05, 3.63) is 29.8 Å². The van der Waals surface area contributed by atoms with Crippen molar-refractivity contribution in [3.63, 3.8) is 0 Å². The van der Waals surface area contributed by atoms with Gasteiger partial charge in [0.25, 0.3) is 0 Å². The number of carbonyl (C=O) groups is 1. The first-order valence-electron chi connectivity index (χ1n) is 7.02. The van der Waals surface area contributed by atoms with Crippen molar-refractivity contribution in [2.75, 3.05) is 26.4 Å². The van der Waals surface area contributed by atoms with E-state index in [2.05, 4.69) is 31.0 Å². The van der Waals surface area contributed by atoms with Crippen LogP contribution in [0, 0.1) is 0 Å². The van der Waals surface area contributed by atoms with Crippen LogP contribution in [0.2, 0.25) is 0 Å². The van der Waals surface area contributed by atoms with Crippen LogP contribution >= 0.6 is 0 Å². The van der Waals surface area contributed by atoms with Crippen LogP contribution in [0.5, 0.6) is 0 Å². The highest BCUT2D eigenvalue weighted by molar-refractivity contribution is 5.76. The predicted octanol–water partition coefficient (Wildman–Crippen LogP) is 2.22. The van der Waals surface area contributed by atoms with Crippen LogP contribution in [0.25, 0.3) is 0 Å². The summed E-state index contributed by atoms with van der Waals surface area (Å²) in [5, 5.41) is 3.01. The maximum atomic E-state index is 12.0. The van der Waals surface area contributed by atoms with Crippen molar-refractivity contribution < 1.29 is 4.79 Å². The molecule has 1 aromatic rings. The number of rotatable bonds is 6. The minimum Gasteiger partial charge on any atom is -0.399 e. The molecule has 3 N–H and O–H groups in total. The molecule has 4 heteroatoms. The first-order chi connectivity index (χ1) is 9.22. The molecule has 0 bridgehead atoms. The maximum absolute atomic E-state index is 12.0. The quantitative estimate of drug-likeness (QED) is 0.784. The average Bonchev–Trinajstić information content (AvgIpc) is 2.37. The molecular formula is C16H27N3O. The highest BCUT2D eigenvalue weighted by Crippen LogP contribution is 2.20. The standard InChI is InChI=1S/C16H27N3O/c1-12(13-6-8-14(17)9-7-13)10-15(20)18-11-16(2,3)19(4)5/h6-9,12H,10-11,17H2,1-5H3,(H,18,20). The van der Waals surface area contributed by atoms with Gasteiger partial charge in [0.1, 0.15) is 0 Å². The molecule has 0 aliphatic rings. The second-order valence-electron chi connectivity index (χ2n) is 6.26. The largest absolute Gasteiger partial charge is 0.399 e. The molecule has 0 aliphatic heterocycles. The molecule has 0 aromatic heterocycles. The number of carbonyl (C=O) groups excluding carboxylic acids is 1. The van der Waals surface area contributed by atoms with Crippen molar-refractivity contribution in [2.24, 2.45) is 0 Å². The Bertz CT molecular complexity index is 438. The fourth-order valence-electron chi connectivity index (χ4n) is 1.77. The van der Waals surface area contributed by atoms with E-state index in [1.165, 1.54) is 0 Å². The van der Waals surface area contributed by atoms with Crippen LogP contribution in [0.4, 0.5) is 5.69 Å². The minimum atomic E-state index is -0.0416. The number of nitrogens with two attached hydrogens (primary N) is 1. The molecular weight excluding hydrogens is 250 g/mol. The van der Waals surface area contributed by atoms with E-state index >= 15 is 0 Å². The number of nitrogens with one attached hydrogen (secondary N) is 1. The molecule has 20 heavy (non-hydrogen) atoms. The van der Waals surface area contributed by atoms with Gasteiger partial charge in [0.05, 0.1) is 0 Å². The van der Waals surface area contributed by atoms with Crippen LogP contribution in [0.1, 0.15) is 38.7 Å². The zero-order valence-corrected chi connectivity index (χ0v) is 13.2. The lowest BCUT2D eigenvalue weighted by Gasteiger charge is -2.32. The van der Waals surface area contributed by atoms with Gasteiger partial charge in [-0.05, 0) is 51.6 Å². The topological polar surface area (TPSA) is 58.4 Å². The Morgan fingerprint density at radius 3 is 2.35 bits per heavy atom. The van der Waals surface area contributed by atoms with Gasteiger partial charge in [-0.15, -0.1) is 0 Å². The fourth-order valence-corrected chi connectivity index (χ4v) is 1.77. The summed E-state index contributed by atoms with van der Waals surface area (Å²) in [5.41, 5.74) is 7.51. The van der Waals surface area contributed by atoms with Gasteiger partial charge in [0.15, 0.2) is 0 Å². The summed E-state index contributed by atoms with van der Waals surface area (Å²) in [5.74, 6) is 0.280. The Morgan fingerprint density at radius 1 is 1.30 bits per heavy atom. The summed E-state index contributed by atoms with van der Waals surface area (Å²) < 4.78 is 0. The van der Waals surface area contributed by atoms with Crippen molar-refractivity contribution in [1.82, 2.24) is 10.2 Å². The number of likely N-dealkylation sites (N-methyl/N-ethyl adjacent to an activating group) is 1. The first-order valence-corrected chi connectivity index (χ1v) is 7.02. The van der Waals surface area contributed by atoms with E-state index in [0.29, 0.717) is 13.0 Å². The Hall–Kier alpha value is -1.55. The zero-order valence-electron chi connectivity index (χ0n) is 13.2. The Morgan fingerprint density at radius 2 is 1.85 bits per heavy atom. The third-order valence-corrected chi connectivity index (χ3v) is 3.93. The van der Waals surface area contributed by atoms with Gasteiger partial charge in [-0.25, -0.2) is 0 Å². The zero-order chi connectivity index (χ0) is 15.3. The number of hydrogen-bond acceptors (Lipinski definition) is 3. The minimum absolute atomic E-state index is 0.0416. The van der Waals surface area contributed by atoms with Gasteiger partial charge in [-0.3, -0.25) is 4.79 Å². The van der Waals surface area contributed by atoms with Crippen molar-refractivity contribution in [1.29, 1.82) is 0 Å². The van der Waals surface area contributed by atoms with E-state index in [1.54, 1.807) is 0 Å². The second kappa shape index (κ2) is 6.75. The summed E-state index contributed by atoms with van der Waals surface area (Å²) in [6.45, 7) is 6.92. The molecule has 0 heterocycles. The van der Waals surface area contributed by atoms with Crippen LogP contribution in [0.15, 0.2) is 24.3 Å². The van der Waals surface area contributed by atoms with E-state index < -0.39 is 0 Å². The molecule has 1 unspecified atom stereocenters. The lowest BCUT2D eigenvalue weighted by atomic mass is 9.97. The van der Waals surface area contributed by atoms with Gasteiger partial charge in [0.2, 0.25) is 5.91 Å². The molecule has 4 nitrogen and oxygen atoms in total. The Kier molecular flexibility index (Phi) is 5.57. The third-order valence-electron chi connectivity index (χ3n) is 3.93. The SMILES string of the molecule is CC(CC(=O)NCC(C)(C)N(C)C)c1ccc(N)cc1. The molecule has 1 aromatic carbocycles. The van der Waals surface area contributed by atoms with E-state index in [0.717, 1.165) is 11.3 Å². The molecule has 1 atom stereocenters. The van der Waals surface area contributed by atoms with E-state index in [1.807, 2.05) is 38.4 Å². The monoisotopic (exact) mass is 277 g/mol. The Balaban J connectivity index is 2.48. The first kappa shape index (κ1) is 16.5. The fraction of sp³-hybridized carbons (Fsp3) is 0.562. The van der Waals surface area contributed by atoms with Gasteiger partial charge < -0.3 is 16.0 Å². The summed E-state index contributed by atoms with van der Waals surface area (Å²) >= 11 is 0. The summed E-state index contributed by atoms with van der Waals surface area (Å²) in [6.07, 6.45) is 0.493. The van der Waals surface area contributed by atoms with Crippen molar-refractivity contribution in [2.45, 2.75) is 38.6 Å². The number of nitrogens with zero attached hydrogens (tertiary/aromatic N) is 1. The van der Waals surface area contributed by atoms with E-state index in [9.17, 15) is 4.79 Å². The van der Waals surface area contributed by atoms with Gasteiger partial charge in [0, 0.05) is 24.2 Å². The van der Waals surface area contributed by atoms with Crippen LogP contribution in [-0.4, -0.2) is 37.0 Å². The van der Waals surface area contributed by atoms with E-state index in [-0.39, 0.29) is 17.4 Å². The molecule has 1 rings (SSSR count). The normalized spacial score (nSPS) is 13.3. The molecule has 112 valence electrons. The summed E-state index contributed by atoms with van der Waals surface area (Å²) in [4.78, 5) is 14.1. The van der Waals surface area contributed by atoms with Crippen LogP contribution in [0.3, 0.4) is 0 Å². The average molecular weight is 277 g/mol. The summed E-state index contributed by atoms with van der Waals surface area (Å²) in [7, 11) is 4.03. The molecule has 0 aliphatic carbocycles. The number of amides is 1. The molecule has 0 radical (unpaired) electrons. The summed E-state index contributed by atoms with van der Waals surface area (Å²) in [6, 6.07) is 7.71. The highest BCUT2D eigenvalue weighted by Gasteiger charge is 2.21. The van der Waals surface area contributed by atoms with Gasteiger partial charge in [-0.1, -0.05) is 19.1 Å². The number of benzene rings is 1. The van der Waals surface area contributed by atoms with Gasteiger partial charge in [-0.2, -0.15) is 0 Å². The number of hydrogen-bond donors (Lipinski definition) is 2. The lowest BCUT2D eigenvalue weighted by Crippen LogP contribution is -2.48. The molecule has 0 fully saturated rings. The lowest BCUT2D eigenvalue weighted by molar-refractivity contribution is -0.121. The van der Waals surface area contributed by atoms with Crippen molar-refractivity contribution >= 4 is 11.6 Å². The molecule has 0 spiro atoms.